The van der Waals surface area contributed by atoms with Gasteiger partial charge in [-0.05, 0) is 42.3 Å². The van der Waals surface area contributed by atoms with Crippen molar-refractivity contribution in [2.45, 2.75) is 13.0 Å². The van der Waals surface area contributed by atoms with E-state index in [1.165, 1.54) is 37.3 Å². The molecule has 5 nitrogen and oxygen atoms in total. The molecule has 0 fully saturated rings. The molecule has 0 amide bonds. The lowest BCUT2D eigenvalue weighted by Crippen LogP contribution is -2.11. The fraction of sp³-hybridized carbons (Fsp3) is 0.118. The lowest BCUT2D eigenvalue weighted by Gasteiger charge is -2.13. The van der Waals surface area contributed by atoms with Crippen molar-refractivity contribution in [2.75, 3.05) is 0 Å². The predicted octanol–water partition coefficient (Wildman–Crippen LogP) is 5.11. The van der Waals surface area contributed by atoms with Gasteiger partial charge in [-0.15, -0.1) is 0 Å². The Morgan fingerprint density at radius 3 is 2.67 bits per heavy atom. The first-order valence-electron chi connectivity index (χ1n) is 7.08. The second-order valence-corrected chi connectivity index (χ2v) is 5.17. The lowest BCUT2D eigenvalue weighted by molar-refractivity contribution is 0.500. The van der Waals surface area contributed by atoms with E-state index in [0.717, 1.165) is 12.1 Å². The molecule has 0 aliphatic rings. The van der Waals surface area contributed by atoms with Crippen LogP contribution in [0, 0.1) is 11.6 Å². The molecule has 1 atom stereocenters. The van der Waals surface area contributed by atoms with Gasteiger partial charge in [-0.3, -0.25) is 4.79 Å². The highest BCUT2D eigenvalue weighted by Gasteiger charge is 2.22. The fourth-order valence-electron chi connectivity index (χ4n) is 2.56. The Morgan fingerprint density at radius 2 is 1.96 bits per heavy atom. The fourth-order valence-corrected chi connectivity index (χ4v) is 2.56. The maximum Gasteiger partial charge on any atom is 0.203 e. The number of hydrogen-bond acceptors (Lipinski definition) is 3. The summed E-state index contributed by atoms with van der Waals surface area (Å²) >= 11 is 0. The minimum atomic E-state index is -0.825. The molecule has 2 aromatic carbocycles. The van der Waals surface area contributed by atoms with Crippen LogP contribution in [0.5, 0.6) is 0 Å². The van der Waals surface area contributed by atoms with E-state index in [2.05, 4.69) is 10.0 Å². The van der Waals surface area contributed by atoms with Crippen LogP contribution < -0.4 is 5.43 Å². The second kappa shape index (κ2) is 6.14. The zero-order chi connectivity index (χ0) is 17.3. The molecular weight excluding hydrogens is 316 g/mol. The SMILES string of the molecule is CC(N=[N+]=[N-])c1oc2cccc(F)c2c(=O)c1-c1cccc(F)c1. The van der Waals surface area contributed by atoms with Crippen molar-refractivity contribution in [1.82, 2.24) is 0 Å². The predicted molar refractivity (Wildman–Crippen MR) is 85.4 cm³/mol. The third-order valence-corrected chi connectivity index (χ3v) is 3.61. The molecule has 1 aromatic heterocycles. The van der Waals surface area contributed by atoms with Gasteiger partial charge in [0.1, 0.15) is 28.4 Å². The Bertz CT molecular complexity index is 1040. The summed E-state index contributed by atoms with van der Waals surface area (Å²) in [6, 6.07) is 8.48. The summed E-state index contributed by atoms with van der Waals surface area (Å²) in [4.78, 5) is 15.5. The largest absolute Gasteiger partial charge is 0.460 e. The topological polar surface area (TPSA) is 79.0 Å². The highest BCUT2D eigenvalue weighted by molar-refractivity contribution is 5.83. The van der Waals surface area contributed by atoms with Crippen molar-refractivity contribution < 1.29 is 13.2 Å². The highest BCUT2D eigenvalue weighted by Crippen LogP contribution is 2.31. The summed E-state index contributed by atoms with van der Waals surface area (Å²) in [5, 5.41) is 3.31. The van der Waals surface area contributed by atoms with Crippen LogP contribution in [0.25, 0.3) is 32.5 Å². The van der Waals surface area contributed by atoms with Crippen molar-refractivity contribution in [2.24, 2.45) is 5.11 Å². The molecule has 0 bridgehead atoms. The quantitative estimate of drug-likeness (QED) is 0.380. The number of benzene rings is 2. The van der Waals surface area contributed by atoms with Crippen LogP contribution >= 0.6 is 0 Å². The summed E-state index contributed by atoms with van der Waals surface area (Å²) in [5.74, 6) is -1.23. The summed E-state index contributed by atoms with van der Waals surface area (Å²) in [6.07, 6.45) is 0. The molecule has 0 spiro atoms. The van der Waals surface area contributed by atoms with Gasteiger partial charge < -0.3 is 4.42 Å². The molecule has 120 valence electrons. The molecule has 3 aromatic rings. The standard InChI is InChI=1S/C17H11F2N3O2/c1-9(21-22-20)17-14(10-4-2-5-11(18)8-10)16(23)15-12(19)6-3-7-13(15)24-17/h2-9H,1H3. The van der Waals surface area contributed by atoms with Crippen LogP contribution in [0.1, 0.15) is 18.7 Å². The van der Waals surface area contributed by atoms with Crippen molar-refractivity contribution in [1.29, 1.82) is 0 Å². The Balaban J connectivity index is 2.46. The molecule has 0 aliphatic heterocycles. The van der Waals surface area contributed by atoms with Crippen LogP contribution in [0.3, 0.4) is 0 Å². The average Bonchev–Trinajstić information content (AvgIpc) is 2.54. The van der Waals surface area contributed by atoms with Crippen LogP contribution in [-0.2, 0) is 0 Å². The highest BCUT2D eigenvalue weighted by atomic mass is 19.1. The van der Waals surface area contributed by atoms with Crippen LogP contribution in [-0.4, -0.2) is 0 Å². The summed E-state index contributed by atoms with van der Waals surface area (Å²) < 4.78 is 33.3. The average molecular weight is 327 g/mol. The van der Waals surface area contributed by atoms with E-state index >= 15 is 0 Å². The van der Waals surface area contributed by atoms with Crippen molar-refractivity contribution in [3.05, 3.63) is 80.5 Å². The van der Waals surface area contributed by atoms with Crippen molar-refractivity contribution in [3.8, 4) is 11.1 Å². The van der Waals surface area contributed by atoms with Crippen LogP contribution in [0.4, 0.5) is 8.78 Å². The third-order valence-electron chi connectivity index (χ3n) is 3.61. The van der Waals surface area contributed by atoms with Gasteiger partial charge in [-0.1, -0.05) is 23.3 Å². The summed E-state index contributed by atoms with van der Waals surface area (Å²) in [5.41, 5.74) is 8.25. The van der Waals surface area contributed by atoms with Crippen LogP contribution in [0.15, 0.2) is 56.8 Å². The molecule has 0 saturated heterocycles. The molecule has 0 N–H and O–H groups in total. The Kier molecular flexibility index (Phi) is 4.02. The first kappa shape index (κ1) is 15.7. The number of azide groups is 1. The second-order valence-electron chi connectivity index (χ2n) is 5.17. The van der Waals surface area contributed by atoms with E-state index < -0.39 is 23.1 Å². The monoisotopic (exact) mass is 327 g/mol. The molecule has 7 heteroatoms. The molecule has 24 heavy (non-hydrogen) atoms. The zero-order valence-corrected chi connectivity index (χ0v) is 12.5. The van der Waals surface area contributed by atoms with E-state index in [4.69, 9.17) is 9.95 Å². The van der Waals surface area contributed by atoms with E-state index in [1.54, 1.807) is 0 Å². The first-order chi connectivity index (χ1) is 11.5. The smallest absolute Gasteiger partial charge is 0.203 e. The lowest BCUT2D eigenvalue weighted by atomic mass is 9.99. The normalized spacial score (nSPS) is 12.0. The summed E-state index contributed by atoms with van der Waals surface area (Å²) in [7, 11) is 0. The van der Waals surface area contributed by atoms with Gasteiger partial charge in [-0.25, -0.2) is 8.78 Å². The number of fused-ring (bicyclic) bond motifs is 1. The maximum atomic E-state index is 14.1. The Morgan fingerprint density at radius 1 is 1.21 bits per heavy atom. The van der Waals surface area contributed by atoms with Gasteiger partial charge in [0.2, 0.25) is 5.43 Å². The minimum absolute atomic E-state index is 0.0213. The maximum absolute atomic E-state index is 14.1. The molecule has 1 unspecified atom stereocenters. The Hall–Kier alpha value is -3.18. The molecule has 0 radical (unpaired) electrons. The van der Waals surface area contributed by atoms with Gasteiger partial charge in [0.15, 0.2) is 0 Å². The van der Waals surface area contributed by atoms with Gasteiger partial charge in [0, 0.05) is 4.91 Å². The molecule has 1 heterocycles. The number of halogens is 2. The number of hydrogen-bond donors (Lipinski definition) is 0. The number of nitrogens with zero attached hydrogens (tertiary/aromatic N) is 3. The van der Waals surface area contributed by atoms with Crippen molar-refractivity contribution in [3.63, 3.8) is 0 Å². The molecular formula is C17H11F2N3O2. The van der Waals surface area contributed by atoms with E-state index in [0.29, 0.717) is 0 Å². The van der Waals surface area contributed by atoms with Gasteiger partial charge in [0.05, 0.1) is 11.6 Å². The third kappa shape index (κ3) is 2.61. The molecule has 0 saturated carbocycles. The Labute approximate surface area is 134 Å². The van der Waals surface area contributed by atoms with E-state index in [1.807, 2.05) is 0 Å². The van der Waals surface area contributed by atoms with Gasteiger partial charge in [0.25, 0.3) is 0 Å². The van der Waals surface area contributed by atoms with Crippen molar-refractivity contribution >= 4 is 11.0 Å². The number of rotatable bonds is 3. The van der Waals surface area contributed by atoms with E-state index in [-0.39, 0.29) is 27.9 Å². The van der Waals surface area contributed by atoms with E-state index in [9.17, 15) is 13.6 Å². The van der Waals surface area contributed by atoms with Gasteiger partial charge in [-0.2, -0.15) is 0 Å². The minimum Gasteiger partial charge on any atom is -0.460 e. The molecule has 3 rings (SSSR count). The van der Waals surface area contributed by atoms with Crippen LogP contribution in [0.2, 0.25) is 0 Å². The zero-order valence-electron chi connectivity index (χ0n) is 12.5. The molecule has 0 aliphatic carbocycles. The van der Waals surface area contributed by atoms with Gasteiger partial charge >= 0.3 is 0 Å². The first-order valence-corrected chi connectivity index (χ1v) is 7.08. The summed E-state index contributed by atoms with van der Waals surface area (Å²) in [6.45, 7) is 1.53.